The van der Waals surface area contributed by atoms with Crippen LogP contribution in [0.15, 0.2) is 89.9 Å². The Morgan fingerprint density at radius 2 is 1.61 bits per heavy atom. The standard InChI is InChI=1S/C29H36N4/c1-3-23(18-19-31-24-14-8-5-9-15-24)32-29(30)33-28-21(2)20-27(22-12-6-4-7-13-22)25-16-10-11-17-26(25)28/h4-17,21,23,27,29,31-32H,3,18-20,30H2,1-2H3. The molecule has 1 aliphatic rings. The van der Waals surface area contributed by atoms with Crippen LogP contribution in [0.4, 0.5) is 5.69 Å². The average molecular weight is 441 g/mol. The summed E-state index contributed by atoms with van der Waals surface area (Å²) in [7, 11) is 0. The van der Waals surface area contributed by atoms with Gasteiger partial charge in [-0.3, -0.25) is 16.0 Å². The highest BCUT2D eigenvalue weighted by molar-refractivity contribution is 6.04. The van der Waals surface area contributed by atoms with E-state index in [1.807, 2.05) is 6.07 Å². The third kappa shape index (κ3) is 5.89. The fraction of sp³-hybridized carbons (Fsp3) is 0.345. The average Bonchev–Trinajstić information content (AvgIpc) is 2.86. The van der Waals surface area contributed by atoms with Crippen molar-refractivity contribution in [3.8, 4) is 0 Å². The maximum Gasteiger partial charge on any atom is 0.151 e. The van der Waals surface area contributed by atoms with Crippen molar-refractivity contribution in [3.05, 3.63) is 102 Å². The van der Waals surface area contributed by atoms with Crippen molar-refractivity contribution in [2.24, 2.45) is 16.6 Å². The minimum Gasteiger partial charge on any atom is -0.385 e. The summed E-state index contributed by atoms with van der Waals surface area (Å²) in [5.74, 6) is 0.741. The van der Waals surface area contributed by atoms with Crippen molar-refractivity contribution < 1.29 is 0 Å². The summed E-state index contributed by atoms with van der Waals surface area (Å²) in [6.45, 7) is 5.37. The smallest absolute Gasteiger partial charge is 0.151 e. The molecule has 0 amide bonds. The van der Waals surface area contributed by atoms with Gasteiger partial charge in [0.2, 0.25) is 0 Å². The van der Waals surface area contributed by atoms with Crippen LogP contribution in [0.1, 0.15) is 55.7 Å². The molecule has 4 nitrogen and oxygen atoms in total. The largest absolute Gasteiger partial charge is 0.385 e. The number of fused-ring (bicyclic) bond motifs is 1. The van der Waals surface area contributed by atoms with Crippen molar-refractivity contribution in [2.75, 3.05) is 11.9 Å². The van der Waals surface area contributed by atoms with Crippen LogP contribution < -0.4 is 16.4 Å². The highest BCUT2D eigenvalue weighted by Gasteiger charge is 2.30. The van der Waals surface area contributed by atoms with Crippen LogP contribution in [-0.4, -0.2) is 24.6 Å². The molecule has 0 saturated carbocycles. The minimum absolute atomic E-state index is 0.312. The van der Waals surface area contributed by atoms with Crippen molar-refractivity contribution in [2.45, 2.75) is 51.4 Å². The van der Waals surface area contributed by atoms with Gasteiger partial charge in [0.05, 0.1) is 0 Å². The van der Waals surface area contributed by atoms with Crippen LogP contribution in [0.5, 0.6) is 0 Å². The van der Waals surface area contributed by atoms with Crippen LogP contribution >= 0.6 is 0 Å². The molecule has 0 radical (unpaired) electrons. The molecule has 0 bridgehead atoms. The zero-order chi connectivity index (χ0) is 23.0. The zero-order valence-corrected chi connectivity index (χ0v) is 19.7. The lowest BCUT2D eigenvalue weighted by Crippen LogP contribution is -2.44. The van der Waals surface area contributed by atoms with Gasteiger partial charge in [-0.2, -0.15) is 0 Å². The Balaban J connectivity index is 1.45. The first-order chi connectivity index (χ1) is 16.2. The monoisotopic (exact) mass is 440 g/mol. The third-order valence-electron chi connectivity index (χ3n) is 6.64. The number of rotatable bonds is 9. The molecule has 3 aromatic carbocycles. The molecule has 4 unspecified atom stereocenters. The lowest BCUT2D eigenvalue weighted by Gasteiger charge is -2.32. The molecule has 3 aromatic rings. The molecule has 33 heavy (non-hydrogen) atoms. The van der Waals surface area contributed by atoms with E-state index in [0.717, 1.165) is 37.2 Å². The summed E-state index contributed by atoms with van der Waals surface area (Å²) in [6.07, 6.45) is 2.64. The van der Waals surface area contributed by atoms with Crippen LogP contribution in [-0.2, 0) is 0 Å². The van der Waals surface area contributed by atoms with Crippen molar-refractivity contribution in [1.82, 2.24) is 5.32 Å². The van der Waals surface area contributed by atoms with Gasteiger partial charge < -0.3 is 5.32 Å². The van der Waals surface area contributed by atoms with Gasteiger partial charge in [0.25, 0.3) is 0 Å². The molecule has 0 spiro atoms. The number of anilines is 1. The lowest BCUT2D eigenvalue weighted by atomic mass is 9.73. The number of nitrogens with two attached hydrogens (primary N) is 1. The van der Waals surface area contributed by atoms with Gasteiger partial charge >= 0.3 is 0 Å². The molecule has 0 saturated heterocycles. The second-order valence-corrected chi connectivity index (χ2v) is 9.00. The van der Waals surface area contributed by atoms with Gasteiger partial charge in [-0.1, -0.05) is 86.6 Å². The number of hydrogen-bond donors (Lipinski definition) is 3. The topological polar surface area (TPSA) is 62.4 Å². The molecule has 0 fully saturated rings. The second kappa shape index (κ2) is 11.3. The van der Waals surface area contributed by atoms with E-state index in [9.17, 15) is 0 Å². The Bertz CT molecular complexity index is 1030. The van der Waals surface area contributed by atoms with E-state index >= 15 is 0 Å². The number of para-hydroxylation sites is 1. The van der Waals surface area contributed by atoms with Crippen molar-refractivity contribution in [1.29, 1.82) is 0 Å². The van der Waals surface area contributed by atoms with E-state index in [2.05, 4.69) is 103 Å². The van der Waals surface area contributed by atoms with E-state index in [1.54, 1.807) is 0 Å². The SMILES string of the molecule is CCC(CCNc1ccccc1)NC(N)N=C1c2ccccc2C(c2ccccc2)CC1C. The van der Waals surface area contributed by atoms with Gasteiger partial charge in [0.1, 0.15) is 0 Å². The molecule has 4 N–H and O–H groups in total. The second-order valence-electron chi connectivity index (χ2n) is 9.00. The molecule has 1 aliphatic carbocycles. The van der Waals surface area contributed by atoms with Gasteiger partial charge in [0.15, 0.2) is 6.29 Å². The third-order valence-corrected chi connectivity index (χ3v) is 6.64. The summed E-state index contributed by atoms with van der Waals surface area (Å²) >= 11 is 0. The molecular weight excluding hydrogens is 404 g/mol. The fourth-order valence-electron chi connectivity index (χ4n) is 4.87. The Kier molecular flexibility index (Phi) is 7.92. The molecule has 4 rings (SSSR count). The highest BCUT2D eigenvalue weighted by Crippen LogP contribution is 2.39. The first-order valence-corrected chi connectivity index (χ1v) is 12.2. The van der Waals surface area contributed by atoms with Gasteiger partial charge in [-0.15, -0.1) is 0 Å². The van der Waals surface area contributed by atoms with E-state index in [1.165, 1.54) is 16.7 Å². The Morgan fingerprint density at radius 3 is 2.33 bits per heavy atom. The molecule has 4 atom stereocenters. The highest BCUT2D eigenvalue weighted by atomic mass is 15.2. The van der Waals surface area contributed by atoms with Gasteiger partial charge in [-0.05, 0) is 54.0 Å². The Hall–Kier alpha value is -2.95. The molecule has 0 aromatic heterocycles. The molecule has 172 valence electrons. The van der Waals surface area contributed by atoms with Crippen LogP contribution in [0, 0.1) is 5.92 Å². The number of hydrogen-bond acceptors (Lipinski definition) is 4. The quantitative estimate of drug-likeness (QED) is 0.371. The number of nitrogens with zero attached hydrogens (tertiary/aromatic N) is 1. The number of nitrogens with one attached hydrogen (secondary N) is 2. The zero-order valence-electron chi connectivity index (χ0n) is 19.7. The maximum atomic E-state index is 6.51. The Labute approximate surface area is 198 Å². The van der Waals surface area contributed by atoms with Crippen LogP contribution in [0.2, 0.25) is 0 Å². The predicted octanol–water partition coefficient (Wildman–Crippen LogP) is 5.76. The first kappa shape index (κ1) is 23.2. The van der Waals surface area contributed by atoms with E-state index in [4.69, 9.17) is 10.7 Å². The van der Waals surface area contributed by atoms with E-state index < -0.39 is 6.29 Å². The summed E-state index contributed by atoms with van der Waals surface area (Å²) < 4.78 is 0. The number of aliphatic imine (C=N–C) groups is 1. The fourth-order valence-corrected chi connectivity index (χ4v) is 4.87. The Morgan fingerprint density at radius 1 is 0.939 bits per heavy atom. The molecule has 4 heteroatoms. The molecular formula is C29H36N4. The van der Waals surface area contributed by atoms with Gasteiger partial charge in [-0.25, -0.2) is 0 Å². The first-order valence-electron chi connectivity index (χ1n) is 12.2. The summed E-state index contributed by atoms with van der Waals surface area (Å²) in [4.78, 5) is 5.00. The summed E-state index contributed by atoms with van der Waals surface area (Å²) in [6, 6.07) is 30.1. The predicted molar refractivity (Wildman–Crippen MR) is 140 cm³/mol. The van der Waals surface area contributed by atoms with Crippen LogP contribution in [0.25, 0.3) is 0 Å². The maximum absolute atomic E-state index is 6.51. The van der Waals surface area contributed by atoms with Crippen molar-refractivity contribution >= 4 is 11.4 Å². The number of benzene rings is 3. The summed E-state index contributed by atoms with van der Waals surface area (Å²) in [5.41, 5.74) is 12.7. The van der Waals surface area contributed by atoms with Crippen LogP contribution in [0.3, 0.4) is 0 Å². The summed E-state index contributed by atoms with van der Waals surface area (Å²) in [5, 5.41) is 7.03. The van der Waals surface area contributed by atoms with E-state index in [0.29, 0.717) is 17.9 Å². The van der Waals surface area contributed by atoms with E-state index in [-0.39, 0.29) is 0 Å². The molecule has 0 heterocycles. The normalized spacial score (nSPS) is 20.8. The molecule has 0 aliphatic heterocycles. The van der Waals surface area contributed by atoms with Gasteiger partial charge in [0, 0.05) is 29.9 Å². The van der Waals surface area contributed by atoms with Crippen molar-refractivity contribution in [3.63, 3.8) is 0 Å². The lowest BCUT2D eigenvalue weighted by molar-refractivity contribution is 0.415. The minimum atomic E-state index is -0.412.